The van der Waals surface area contributed by atoms with Gasteiger partial charge >= 0.3 is 0 Å². The van der Waals surface area contributed by atoms with Crippen molar-refractivity contribution in [1.82, 2.24) is 9.97 Å². The number of anilines is 1. The van der Waals surface area contributed by atoms with Crippen molar-refractivity contribution in [2.24, 2.45) is 0 Å². The molecule has 1 aromatic heterocycles. The largest absolute Gasteiger partial charge is 0.369 e. The van der Waals surface area contributed by atoms with Crippen molar-refractivity contribution in [3.63, 3.8) is 0 Å². The molecule has 0 unspecified atom stereocenters. The van der Waals surface area contributed by atoms with Crippen molar-refractivity contribution in [2.45, 2.75) is 5.03 Å². The van der Waals surface area contributed by atoms with E-state index in [4.69, 9.17) is 5.73 Å². The Hall–Kier alpha value is -0.640. The SMILES string of the molecule is Nc1ncc(S)[nH]1. The Balaban J connectivity index is 3.04. The van der Waals surface area contributed by atoms with Gasteiger partial charge in [-0.15, -0.1) is 12.6 Å². The quantitative estimate of drug-likeness (QED) is 0.425. The number of rotatable bonds is 0. The van der Waals surface area contributed by atoms with Gasteiger partial charge in [-0.3, -0.25) is 0 Å². The Kier molecular flexibility index (Phi) is 0.941. The normalized spacial score (nSPS) is 9.29. The first-order chi connectivity index (χ1) is 3.29. The van der Waals surface area contributed by atoms with Crippen molar-refractivity contribution in [3.8, 4) is 0 Å². The maximum Gasteiger partial charge on any atom is 0.198 e. The maximum absolute atomic E-state index is 5.16. The molecule has 0 aliphatic rings. The van der Waals surface area contributed by atoms with Crippen LogP contribution in [0.4, 0.5) is 5.95 Å². The van der Waals surface area contributed by atoms with Crippen molar-refractivity contribution < 1.29 is 0 Å². The summed E-state index contributed by atoms with van der Waals surface area (Å²) in [5.74, 6) is 0.407. The van der Waals surface area contributed by atoms with E-state index in [-0.39, 0.29) is 0 Å². The molecule has 0 aromatic carbocycles. The highest BCUT2D eigenvalue weighted by atomic mass is 32.1. The van der Waals surface area contributed by atoms with E-state index in [1.54, 1.807) is 6.20 Å². The molecule has 1 heterocycles. The number of nitrogens with two attached hydrogens (primary N) is 1. The molecule has 38 valence electrons. The van der Waals surface area contributed by atoms with Gasteiger partial charge < -0.3 is 10.7 Å². The zero-order valence-corrected chi connectivity index (χ0v) is 4.44. The predicted molar refractivity (Wildman–Crippen MR) is 30.3 cm³/mol. The number of thiol groups is 1. The number of hydrogen-bond donors (Lipinski definition) is 3. The van der Waals surface area contributed by atoms with Crippen LogP contribution in [0.15, 0.2) is 11.2 Å². The van der Waals surface area contributed by atoms with E-state index >= 15 is 0 Å². The van der Waals surface area contributed by atoms with Crippen LogP contribution < -0.4 is 5.73 Å². The summed E-state index contributed by atoms with van der Waals surface area (Å²) in [6.45, 7) is 0. The smallest absolute Gasteiger partial charge is 0.198 e. The van der Waals surface area contributed by atoms with E-state index in [0.29, 0.717) is 11.0 Å². The van der Waals surface area contributed by atoms with E-state index < -0.39 is 0 Å². The molecule has 0 atom stereocenters. The lowest BCUT2D eigenvalue weighted by Crippen LogP contribution is -1.84. The molecule has 1 aromatic rings. The average molecular weight is 115 g/mol. The molecule has 3 N–H and O–H groups in total. The summed E-state index contributed by atoms with van der Waals surface area (Å²) in [7, 11) is 0. The molecule has 0 saturated carbocycles. The van der Waals surface area contributed by atoms with Gasteiger partial charge in [0.2, 0.25) is 0 Å². The first-order valence-corrected chi connectivity index (χ1v) is 2.23. The molecular formula is C3H5N3S. The molecule has 0 aliphatic carbocycles. The maximum atomic E-state index is 5.16. The number of imidazole rings is 1. The number of aromatic nitrogens is 2. The third kappa shape index (κ3) is 0.866. The van der Waals surface area contributed by atoms with Crippen molar-refractivity contribution in [1.29, 1.82) is 0 Å². The second kappa shape index (κ2) is 1.46. The highest BCUT2D eigenvalue weighted by Crippen LogP contribution is 2.00. The lowest BCUT2D eigenvalue weighted by molar-refractivity contribution is 1.22. The zero-order chi connectivity index (χ0) is 5.28. The minimum atomic E-state index is 0.407. The minimum absolute atomic E-state index is 0.407. The lowest BCUT2D eigenvalue weighted by atomic mass is 11.0. The summed E-state index contributed by atoms with van der Waals surface area (Å²) in [5, 5.41) is 0.692. The molecule has 0 radical (unpaired) electrons. The molecule has 0 amide bonds. The highest BCUT2D eigenvalue weighted by Gasteiger charge is 1.85. The van der Waals surface area contributed by atoms with Gasteiger partial charge in [0.15, 0.2) is 5.95 Å². The second-order valence-corrected chi connectivity index (χ2v) is 1.64. The Labute approximate surface area is 46.4 Å². The van der Waals surface area contributed by atoms with Gasteiger partial charge in [0.05, 0.1) is 11.2 Å². The number of nitrogens with zero attached hydrogens (tertiary/aromatic N) is 1. The number of aromatic amines is 1. The van der Waals surface area contributed by atoms with E-state index in [9.17, 15) is 0 Å². The molecule has 0 saturated heterocycles. The fourth-order valence-corrected chi connectivity index (χ4v) is 0.499. The van der Waals surface area contributed by atoms with Crippen molar-refractivity contribution in [3.05, 3.63) is 6.20 Å². The molecule has 0 aliphatic heterocycles. The summed E-state index contributed by atoms with van der Waals surface area (Å²) < 4.78 is 0. The van der Waals surface area contributed by atoms with E-state index in [0.717, 1.165) is 0 Å². The third-order valence-electron chi connectivity index (χ3n) is 0.582. The van der Waals surface area contributed by atoms with Crippen LogP contribution in [0.2, 0.25) is 0 Å². The molecule has 1 rings (SSSR count). The zero-order valence-electron chi connectivity index (χ0n) is 3.55. The van der Waals surface area contributed by atoms with Crippen LogP contribution >= 0.6 is 12.6 Å². The number of hydrogen-bond acceptors (Lipinski definition) is 3. The molecule has 3 nitrogen and oxygen atoms in total. The van der Waals surface area contributed by atoms with Gasteiger partial charge in [0, 0.05) is 0 Å². The van der Waals surface area contributed by atoms with Crippen LogP contribution in [0, 0.1) is 0 Å². The Morgan fingerprint density at radius 3 is 2.71 bits per heavy atom. The molecule has 7 heavy (non-hydrogen) atoms. The molecule has 0 fully saturated rings. The predicted octanol–water partition coefficient (Wildman–Crippen LogP) is 0.281. The standard InChI is InChI=1S/C3H5N3S/c4-3-5-1-2(7)6-3/h1,7H,(H3,4,5,6). The van der Waals surface area contributed by atoms with Crippen LogP contribution in [0.25, 0.3) is 0 Å². The van der Waals surface area contributed by atoms with Crippen molar-refractivity contribution >= 4 is 18.6 Å². The summed E-state index contributed by atoms with van der Waals surface area (Å²) in [5.41, 5.74) is 5.16. The fourth-order valence-electron chi connectivity index (χ4n) is 0.326. The Morgan fingerprint density at radius 2 is 2.57 bits per heavy atom. The van der Waals surface area contributed by atoms with Gasteiger partial charge in [0.1, 0.15) is 0 Å². The average Bonchev–Trinajstić information content (AvgIpc) is 1.87. The summed E-state index contributed by atoms with van der Waals surface area (Å²) in [4.78, 5) is 6.33. The first kappa shape index (κ1) is 4.52. The van der Waals surface area contributed by atoms with E-state index in [2.05, 4.69) is 22.6 Å². The molecule has 4 heteroatoms. The first-order valence-electron chi connectivity index (χ1n) is 1.78. The molecule has 0 bridgehead atoms. The Bertz CT molecular complexity index is 142. The van der Waals surface area contributed by atoms with Crippen LogP contribution in [0.1, 0.15) is 0 Å². The lowest BCUT2D eigenvalue weighted by Gasteiger charge is -1.74. The van der Waals surface area contributed by atoms with Gasteiger partial charge in [0.25, 0.3) is 0 Å². The second-order valence-electron chi connectivity index (χ2n) is 1.15. The summed E-state index contributed by atoms with van der Waals surface area (Å²) in [6.07, 6.45) is 1.55. The van der Waals surface area contributed by atoms with Crippen LogP contribution in [-0.2, 0) is 0 Å². The Morgan fingerprint density at radius 1 is 1.86 bits per heavy atom. The topological polar surface area (TPSA) is 54.7 Å². The van der Waals surface area contributed by atoms with E-state index in [1.807, 2.05) is 0 Å². The fraction of sp³-hybridized carbons (Fsp3) is 0. The van der Waals surface area contributed by atoms with Crippen LogP contribution in [-0.4, -0.2) is 9.97 Å². The minimum Gasteiger partial charge on any atom is -0.369 e. The monoisotopic (exact) mass is 115 g/mol. The van der Waals surface area contributed by atoms with Crippen LogP contribution in [0.3, 0.4) is 0 Å². The van der Waals surface area contributed by atoms with Gasteiger partial charge in [-0.25, -0.2) is 4.98 Å². The summed E-state index contributed by atoms with van der Waals surface area (Å²) >= 11 is 3.91. The number of H-pyrrole nitrogens is 1. The van der Waals surface area contributed by atoms with Gasteiger partial charge in [-0.2, -0.15) is 0 Å². The third-order valence-corrected chi connectivity index (χ3v) is 0.809. The van der Waals surface area contributed by atoms with Gasteiger partial charge in [-0.1, -0.05) is 0 Å². The highest BCUT2D eigenvalue weighted by molar-refractivity contribution is 7.80. The number of nitrogen functional groups attached to an aromatic ring is 1. The molecular weight excluding hydrogens is 110 g/mol. The van der Waals surface area contributed by atoms with Gasteiger partial charge in [-0.05, 0) is 0 Å². The molecule has 0 spiro atoms. The number of nitrogens with one attached hydrogen (secondary N) is 1. The summed E-state index contributed by atoms with van der Waals surface area (Å²) in [6, 6.07) is 0. The van der Waals surface area contributed by atoms with Crippen LogP contribution in [0.5, 0.6) is 0 Å². The van der Waals surface area contributed by atoms with Crippen molar-refractivity contribution in [2.75, 3.05) is 5.73 Å². The van der Waals surface area contributed by atoms with E-state index in [1.165, 1.54) is 0 Å².